The highest BCUT2D eigenvalue weighted by molar-refractivity contribution is 6.02. The zero-order valence-electron chi connectivity index (χ0n) is 22.9. The Bertz CT molecular complexity index is 1640. The van der Waals surface area contributed by atoms with E-state index in [-0.39, 0.29) is 18.4 Å². The fourth-order valence-electron chi connectivity index (χ4n) is 4.71. The number of carbonyl (C=O) groups excluding carboxylic acids is 2. The van der Waals surface area contributed by atoms with Gasteiger partial charge in [-0.3, -0.25) is 14.5 Å². The van der Waals surface area contributed by atoms with Crippen LogP contribution in [0.2, 0.25) is 0 Å². The van der Waals surface area contributed by atoms with Crippen molar-refractivity contribution in [1.29, 1.82) is 0 Å². The Morgan fingerprint density at radius 2 is 1.68 bits per heavy atom. The Labute approximate surface area is 238 Å². The van der Waals surface area contributed by atoms with Gasteiger partial charge >= 0.3 is 0 Å². The van der Waals surface area contributed by atoms with E-state index in [9.17, 15) is 9.59 Å². The SMILES string of the molecule is CCOc1ccccc1[C@@H](C(=O)NCc1ccccc1)N(C(=O)Cn1nnc2ccccc21)c1cccc(OC)c1. The molecule has 2 amide bonds. The quantitative estimate of drug-likeness (QED) is 0.251. The Balaban J connectivity index is 1.60. The fourth-order valence-corrected chi connectivity index (χ4v) is 4.71. The van der Waals surface area contributed by atoms with Gasteiger partial charge in [0, 0.05) is 23.9 Å². The number of nitrogens with zero attached hydrogens (tertiary/aromatic N) is 4. The van der Waals surface area contributed by atoms with Gasteiger partial charge < -0.3 is 14.8 Å². The molecule has 9 heteroatoms. The van der Waals surface area contributed by atoms with E-state index in [2.05, 4.69) is 15.6 Å². The molecule has 1 atom stereocenters. The molecule has 0 aliphatic heterocycles. The molecule has 5 aromatic rings. The van der Waals surface area contributed by atoms with Crippen LogP contribution in [0.25, 0.3) is 11.0 Å². The molecule has 9 nitrogen and oxygen atoms in total. The summed E-state index contributed by atoms with van der Waals surface area (Å²) >= 11 is 0. The number of anilines is 1. The van der Waals surface area contributed by atoms with Crippen LogP contribution in [0.5, 0.6) is 11.5 Å². The van der Waals surface area contributed by atoms with Gasteiger partial charge in [-0.2, -0.15) is 0 Å². The molecule has 0 aliphatic rings. The second-order valence-corrected chi connectivity index (χ2v) is 9.28. The van der Waals surface area contributed by atoms with Crippen LogP contribution in [0.3, 0.4) is 0 Å². The van der Waals surface area contributed by atoms with Gasteiger partial charge in [0.15, 0.2) is 0 Å². The number of ether oxygens (including phenoxy) is 2. The number of amides is 2. The highest BCUT2D eigenvalue weighted by Crippen LogP contribution is 2.35. The Morgan fingerprint density at radius 3 is 2.49 bits per heavy atom. The number of methoxy groups -OCH3 is 1. The lowest BCUT2D eigenvalue weighted by Crippen LogP contribution is -2.45. The summed E-state index contributed by atoms with van der Waals surface area (Å²) in [6, 6.07) is 30.3. The molecule has 41 heavy (non-hydrogen) atoms. The smallest absolute Gasteiger partial charge is 0.249 e. The molecule has 0 aliphatic carbocycles. The van der Waals surface area contributed by atoms with Gasteiger partial charge in [0.1, 0.15) is 29.6 Å². The minimum atomic E-state index is -1.06. The number of para-hydroxylation sites is 2. The highest BCUT2D eigenvalue weighted by atomic mass is 16.5. The average molecular weight is 550 g/mol. The topological polar surface area (TPSA) is 98.6 Å². The lowest BCUT2D eigenvalue weighted by Gasteiger charge is -2.32. The number of nitrogens with one attached hydrogen (secondary N) is 1. The van der Waals surface area contributed by atoms with E-state index >= 15 is 0 Å². The Hall–Kier alpha value is -5.18. The molecule has 0 fully saturated rings. The molecular weight excluding hydrogens is 518 g/mol. The number of rotatable bonds is 11. The molecule has 1 aromatic heterocycles. The second kappa shape index (κ2) is 12.8. The van der Waals surface area contributed by atoms with E-state index in [1.165, 1.54) is 9.58 Å². The first kappa shape index (κ1) is 27.4. The Morgan fingerprint density at radius 1 is 0.927 bits per heavy atom. The lowest BCUT2D eigenvalue weighted by atomic mass is 10.0. The number of hydrogen-bond acceptors (Lipinski definition) is 6. The number of fused-ring (bicyclic) bond motifs is 1. The highest BCUT2D eigenvalue weighted by Gasteiger charge is 2.35. The largest absolute Gasteiger partial charge is 0.497 e. The van der Waals surface area contributed by atoms with Crippen molar-refractivity contribution in [1.82, 2.24) is 20.3 Å². The molecule has 0 saturated heterocycles. The monoisotopic (exact) mass is 549 g/mol. The molecule has 0 saturated carbocycles. The van der Waals surface area contributed by atoms with Crippen LogP contribution in [0.1, 0.15) is 24.1 Å². The third kappa shape index (κ3) is 6.19. The molecule has 0 radical (unpaired) electrons. The number of hydrogen-bond donors (Lipinski definition) is 1. The molecular formula is C32H31N5O4. The molecule has 4 aromatic carbocycles. The zero-order valence-corrected chi connectivity index (χ0v) is 22.9. The molecule has 5 rings (SSSR count). The fraction of sp³-hybridized carbons (Fsp3) is 0.188. The van der Waals surface area contributed by atoms with Crippen LogP contribution in [0.15, 0.2) is 103 Å². The maximum Gasteiger partial charge on any atom is 0.249 e. The minimum absolute atomic E-state index is 0.142. The van der Waals surface area contributed by atoms with E-state index in [1.54, 1.807) is 37.4 Å². The Kier molecular flexibility index (Phi) is 8.54. The molecule has 1 N–H and O–H groups in total. The van der Waals surface area contributed by atoms with Gasteiger partial charge in [-0.1, -0.05) is 71.9 Å². The lowest BCUT2D eigenvalue weighted by molar-refractivity contribution is -0.127. The molecule has 1 heterocycles. The van der Waals surface area contributed by atoms with E-state index < -0.39 is 6.04 Å². The van der Waals surface area contributed by atoms with Crippen molar-refractivity contribution < 1.29 is 19.1 Å². The third-order valence-corrected chi connectivity index (χ3v) is 6.64. The molecule has 0 unspecified atom stereocenters. The summed E-state index contributed by atoms with van der Waals surface area (Å²) in [4.78, 5) is 29.9. The molecule has 0 bridgehead atoms. The summed E-state index contributed by atoms with van der Waals surface area (Å²) in [5, 5.41) is 11.4. The van der Waals surface area contributed by atoms with Crippen LogP contribution < -0.4 is 19.7 Å². The average Bonchev–Trinajstić information content (AvgIpc) is 3.42. The summed E-state index contributed by atoms with van der Waals surface area (Å²) in [5.41, 5.74) is 3.37. The predicted octanol–water partition coefficient (Wildman–Crippen LogP) is 4.93. The predicted molar refractivity (Wildman–Crippen MR) is 157 cm³/mol. The van der Waals surface area contributed by atoms with E-state index in [1.807, 2.05) is 79.7 Å². The summed E-state index contributed by atoms with van der Waals surface area (Å²) < 4.78 is 12.9. The number of benzene rings is 4. The van der Waals surface area contributed by atoms with Gasteiger partial charge in [-0.15, -0.1) is 5.10 Å². The van der Waals surface area contributed by atoms with Gasteiger partial charge in [0.2, 0.25) is 11.8 Å². The summed E-state index contributed by atoms with van der Waals surface area (Å²) in [6.07, 6.45) is 0. The summed E-state index contributed by atoms with van der Waals surface area (Å²) in [7, 11) is 1.56. The first-order valence-electron chi connectivity index (χ1n) is 13.4. The van der Waals surface area contributed by atoms with E-state index in [0.29, 0.717) is 46.9 Å². The van der Waals surface area contributed by atoms with Crippen molar-refractivity contribution in [3.63, 3.8) is 0 Å². The van der Waals surface area contributed by atoms with Gasteiger partial charge in [0.25, 0.3) is 0 Å². The van der Waals surface area contributed by atoms with Crippen molar-refractivity contribution in [3.8, 4) is 11.5 Å². The first-order valence-corrected chi connectivity index (χ1v) is 13.4. The van der Waals surface area contributed by atoms with Crippen molar-refractivity contribution >= 4 is 28.5 Å². The van der Waals surface area contributed by atoms with Crippen LogP contribution in [-0.2, 0) is 22.7 Å². The second-order valence-electron chi connectivity index (χ2n) is 9.28. The van der Waals surface area contributed by atoms with Gasteiger partial charge in [-0.05, 0) is 42.8 Å². The number of carbonyl (C=O) groups is 2. The first-order chi connectivity index (χ1) is 20.1. The van der Waals surface area contributed by atoms with Crippen LogP contribution >= 0.6 is 0 Å². The minimum Gasteiger partial charge on any atom is -0.497 e. The van der Waals surface area contributed by atoms with Crippen LogP contribution in [0.4, 0.5) is 5.69 Å². The normalized spacial score (nSPS) is 11.6. The molecule has 0 spiro atoms. The van der Waals surface area contributed by atoms with E-state index in [0.717, 1.165) is 5.56 Å². The summed E-state index contributed by atoms with van der Waals surface area (Å²) in [5.74, 6) is 0.343. The van der Waals surface area contributed by atoms with Crippen molar-refractivity contribution in [2.24, 2.45) is 0 Å². The summed E-state index contributed by atoms with van der Waals surface area (Å²) in [6.45, 7) is 2.42. The van der Waals surface area contributed by atoms with Crippen LogP contribution in [0, 0.1) is 0 Å². The maximum absolute atomic E-state index is 14.3. The van der Waals surface area contributed by atoms with Crippen molar-refractivity contribution in [2.45, 2.75) is 26.1 Å². The van der Waals surface area contributed by atoms with Crippen molar-refractivity contribution in [2.75, 3.05) is 18.6 Å². The standard InChI is InChI=1S/C32H31N5O4/c1-3-41-29-19-10-7-16-26(29)31(32(39)33-21-23-12-5-4-6-13-23)37(24-14-11-15-25(20-24)40-2)30(38)22-36-28-18-9-8-17-27(28)34-35-36/h4-20,31H,3,21-22H2,1-2H3,(H,33,39)/t31-/m0/s1. The zero-order chi connectivity index (χ0) is 28.6. The van der Waals surface area contributed by atoms with Gasteiger partial charge in [0.05, 0.1) is 19.2 Å². The maximum atomic E-state index is 14.3. The third-order valence-electron chi connectivity index (χ3n) is 6.64. The van der Waals surface area contributed by atoms with Crippen molar-refractivity contribution in [3.05, 3.63) is 114 Å². The van der Waals surface area contributed by atoms with Crippen LogP contribution in [-0.4, -0.2) is 40.5 Å². The van der Waals surface area contributed by atoms with E-state index in [4.69, 9.17) is 9.47 Å². The number of aromatic nitrogens is 3. The van der Waals surface area contributed by atoms with Gasteiger partial charge in [-0.25, -0.2) is 4.68 Å². The molecule has 208 valence electrons.